The van der Waals surface area contributed by atoms with E-state index in [2.05, 4.69) is 15.4 Å². The van der Waals surface area contributed by atoms with Crippen LogP contribution in [0.15, 0.2) is 34.9 Å². The zero-order chi connectivity index (χ0) is 19.2. The molecule has 2 heterocycles. The number of carbonyl (C=O) groups excluding carboxylic acids is 2. The number of rotatable bonds is 6. The van der Waals surface area contributed by atoms with E-state index in [9.17, 15) is 9.59 Å². The molecular formula is C19H24N4O4. The molecule has 0 radical (unpaired) electrons. The Morgan fingerprint density at radius 3 is 2.48 bits per heavy atom. The molecule has 144 valence electrons. The third-order valence-electron chi connectivity index (χ3n) is 4.55. The Bertz CT molecular complexity index is 779. The van der Waals surface area contributed by atoms with Crippen molar-refractivity contribution < 1.29 is 18.8 Å². The summed E-state index contributed by atoms with van der Waals surface area (Å²) >= 11 is 0. The Balaban J connectivity index is 1.41. The molecule has 0 aliphatic carbocycles. The van der Waals surface area contributed by atoms with Crippen molar-refractivity contribution in [2.24, 2.45) is 0 Å². The maximum atomic E-state index is 12.6. The van der Waals surface area contributed by atoms with Crippen molar-refractivity contribution in [3.8, 4) is 5.75 Å². The Morgan fingerprint density at radius 2 is 1.89 bits per heavy atom. The molecule has 1 aromatic heterocycles. The van der Waals surface area contributed by atoms with Gasteiger partial charge in [-0.15, -0.1) is 0 Å². The van der Waals surface area contributed by atoms with Crippen molar-refractivity contribution in [3.63, 3.8) is 0 Å². The second-order valence-corrected chi connectivity index (χ2v) is 6.48. The minimum absolute atomic E-state index is 0.0245. The number of methoxy groups -OCH3 is 1. The van der Waals surface area contributed by atoms with Gasteiger partial charge in [0.1, 0.15) is 11.5 Å². The quantitative estimate of drug-likeness (QED) is 0.832. The van der Waals surface area contributed by atoms with Crippen LogP contribution in [0.3, 0.4) is 0 Å². The van der Waals surface area contributed by atoms with E-state index in [0.29, 0.717) is 43.2 Å². The lowest BCUT2D eigenvalue weighted by molar-refractivity contribution is -0.116. The first-order valence-corrected chi connectivity index (χ1v) is 8.94. The SMILES string of the molecule is COc1ccc(C(=O)N2CCN(CCC(=O)Nc3cc(C)on3)CC2)cc1. The van der Waals surface area contributed by atoms with Gasteiger partial charge in [-0.05, 0) is 31.2 Å². The van der Waals surface area contributed by atoms with Crippen LogP contribution in [-0.4, -0.2) is 66.6 Å². The second-order valence-electron chi connectivity index (χ2n) is 6.48. The number of amides is 2. The van der Waals surface area contributed by atoms with E-state index >= 15 is 0 Å². The van der Waals surface area contributed by atoms with Crippen LogP contribution in [0.25, 0.3) is 0 Å². The molecule has 1 fully saturated rings. The first-order valence-electron chi connectivity index (χ1n) is 8.94. The number of hydrogen-bond donors (Lipinski definition) is 1. The Kier molecular flexibility index (Phi) is 6.08. The van der Waals surface area contributed by atoms with Crippen LogP contribution >= 0.6 is 0 Å². The lowest BCUT2D eigenvalue weighted by atomic mass is 10.1. The summed E-state index contributed by atoms with van der Waals surface area (Å²) in [6, 6.07) is 8.82. The first kappa shape index (κ1) is 18.9. The van der Waals surface area contributed by atoms with Crippen molar-refractivity contribution in [2.75, 3.05) is 45.2 Å². The molecule has 8 heteroatoms. The molecule has 0 spiro atoms. The minimum atomic E-state index is -0.0972. The largest absolute Gasteiger partial charge is 0.497 e. The Labute approximate surface area is 158 Å². The molecule has 3 rings (SSSR count). The smallest absolute Gasteiger partial charge is 0.253 e. The van der Waals surface area contributed by atoms with E-state index in [0.717, 1.165) is 18.8 Å². The summed E-state index contributed by atoms with van der Waals surface area (Å²) in [5, 5.41) is 6.46. The van der Waals surface area contributed by atoms with E-state index in [1.54, 1.807) is 44.4 Å². The summed E-state index contributed by atoms with van der Waals surface area (Å²) in [4.78, 5) is 28.6. The van der Waals surface area contributed by atoms with Crippen LogP contribution in [0.1, 0.15) is 22.5 Å². The van der Waals surface area contributed by atoms with Crippen LogP contribution in [0.5, 0.6) is 5.75 Å². The third-order valence-corrected chi connectivity index (χ3v) is 4.55. The predicted molar refractivity (Wildman–Crippen MR) is 99.8 cm³/mol. The fraction of sp³-hybridized carbons (Fsp3) is 0.421. The number of aromatic nitrogens is 1. The maximum absolute atomic E-state index is 12.6. The van der Waals surface area contributed by atoms with E-state index in [-0.39, 0.29) is 11.8 Å². The average molecular weight is 372 g/mol. The number of aryl methyl sites for hydroxylation is 1. The number of ether oxygens (including phenoxy) is 1. The molecule has 0 saturated carbocycles. The van der Waals surface area contributed by atoms with Crippen molar-refractivity contribution in [2.45, 2.75) is 13.3 Å². The van der Waals surface area contributed by atoms with Crippen LogP contribution in [0.2, 0.25) is 0 Å². The van der Waals surface area contributed by atoms with Crippen molar-refractivity contribution in [1.29, 1.82) is 0 Å². The molecule has 1 N–H and O–H groups in total. The van der Waals surface area contributed by atoms with Gasteiger partial charge in [-0.25, -0.2) is 0 Å². The normalized spacial score (nSPS) is 14.8. The van der Waals surface area contributed by atoms with Crippen LogP contribution in [0.4, 0.5) is 5.82 Å². The number of nitrogens with one attached hydrogen (secondary N) is 1. The van der Waals surface area contributed by atoms with E-state index < -0.39 is 0 Å². The minimum Gasteiger partial charge on any atom is -0.497 e. The Hall–Kier alpha value is -2.87. The molecular weight excluding hydrogens is 348 g/mol. The third kappa shape index (κ3) is 5.07. The summed E-state index contributed by atoms with van der Waals surface area (Å²) in [7, 11) is 1.60. The molecule has 1 saturated heterocycles. The van der Waals surface area contributed by atoms with Crippen molar-refractivity contribution in [1.82, 2.24) is 15.0 Å². The van der Waals surface area contributed by atoms with Crippen LogP contribution in [0, 0.1) is 6.92 Å². The summed E-state index contributed by atoms with van der Waals surface area (Å²) < 4.78 is 10.0. The van der Waals surface area contributed by atoms with Gasteiger partial charge in [0.2, 0.25) is 5.91 Å². The highest BCUT2D eigenvalue weighted by Gasteiger charge is 2.22. The fourth-order valence-corrected chi connectivity index (χ4v) is 2.98. The fourth-order valence-electron chi connectivity index (χ4n) is 2.98. The molecule has 1 aliphatic heterocycles. The number of nitrogens with zero attached hydrogens (tertiary/aromatic N) is 3. The van der Waals surface area contributed by atoms with Crippen LogP contribution in [-0.2, 0) is 4.79 Å². The Morgan fingerprint density at radius 1 is 1.19 bits per heavy atom. The summed E-state index contributed by atoms with van der Waals surface area (Å²) in [5.74, 6) is 1.75. The van der Waals surface area contributed by atoms with E-state index in [1.807, 2.05) is 4.90 Å². The molecule has 0 bridgehead atoms. The van der Waals surface area contributed by atoms with E-state index in [4.69, 9.17) is 9.26 Å². The highest BCUT2D eigenvalue weighted by atomic mass is 16.5. The summed E-state index contributed by atoms with van der Waals surface area (Å²) in [6.07, 6.45) is 0.373. The monoisotopic (exact) mass is 372 g/mol. The number of carbonyl (C=O) groups is 2. The van der Waals surface area contributed by atoms with Crippen molar-refractivity contribution in [3.05, 3.63) is 41.7 Å². The number of anilines is 1. The standard InChI is InChI=1S/C19H24N4O4/c1-14-13-17(21-27-14)20-18(24)7-8-22-9-11-23(12-10-22)19(25)15-3-5-16(26-2)6-4-15/h3-6,13H,7-12H2,1-2H3,(H,20,21,24). The summed E-state index contributed by atoms with van der Waals surface area (Å²) in [6.45, 7) is 5.21. The van der Waals surface area contributed by atoms with Gasteiger partial charge in [0.15, 0.2) is 5.82 Å². The topological polar surface area (TPSA) is 87.9 Å². The van der Waals surface area contributed by atoms with Gasteiger partial charge in [-0.3, -0.25) is 14.5 Å². The molecule has 2 aromatic rings. The van der Waals surface area contributed by atoms with Crippen LogP contribution < -0.4 is 10.1 Å². The highest BCUT2D eigenvalue weighted by Crippen LogP contribution is 2.14. The molecule has 1 aromatic carbocycles. The van der Waals surface area contributed by atoms with Gasteiger partial charge in [0, 0.05) is 50.8 Å². The highest BCUT2D eigenvalue weighted by molar-refractivity contribution is 5.94. The molecule has 27 heavy (non-hydrogen) atoms. The van der Waals surface area contributed by atoms with Gasteiger partial charge >= 0.3 is 0 Å². The lowest BCUT2D eigenvalue weighted by Gasteiger charge is -2.34. The average Bonchev–Trinajstić information content (AvgIpc) is 3.11. The molecule has 1 aliphatic rings. The number of hydrogen-bond acceptors (Lipinski definition) is 6. The van der Waals surface area contributed by atoms with Gasteiger partial charge in [0.05, 0.1) is 7.11 Å². The van der Waals surface area contributed by atoms with Gasteiger partial charge < -0.3 is 19.5 Å². The maximum Gasteiger partial charge on any atom is 0.253 e. The van der Waals surface area contributed by atoms with Gasteiger partial charge in [-0.1, -0.05) is 5.16 Å². The molecule has 0 atom stereocenters. The lowest BCUT2D eigenvalue weighted by Crippen LogP contribution is -2.49. The molecule has 2 amide bonds. The molecule has 0 unspecified atom stereocenters. The predicted octanol–water partition coefficient (Wildman–Crippen LogP) is 1.78. The summed E-state index contributed by atoms with van der Waals surface area (Å²) in [5.41, 5.74) is 0.659. The first-order chi connectivity index (χ1) is 13.0. The number of piperazine rings is 1. The van der Waals surface area contributed by atoms with E-state index in [1.165, 1.54) is 0 Å². The van der Waals surface area contributed by atoms with Crippen molar-refractivity contribution >= 4 is 17.6 Å². The van der Waals surface area contributed by atoms with Gasteiger partial charge in [0.25, 0.3) is 5.91 Å². The second kappa shape index (κ2) is 8.68. The zero-order valence-corrected chi connectivity index (χ0v) is 15.6. The zero-order valence-electron chi connectivity index (χ0n) is 15.6. The molecule has 8 nitrogen and oxygen atoms in total. The van der Waals surface area contributed by atoms with Gasteiger partial charge in [-0.2, -0.15) is 0 Å². The number of benzene rings is 1.